The summed E-state index contributed by atoms with van der Waals surface area (Å²) in [5, 5.41) is 9.02. The third-order valence-electron chi connectivity index (χ3n) is 1.19. The smallest absolute Gasteiger partial charge is 0.232 e. The summed E-state index contributed by atoms with van der Waals surface area (Å²) >= 11 is 1.67. The van der Waals surface area contributed by atoms with Gasteiger partial charge in [-0.3, -0.25) is 0 Å². The normalized spacial score (nSPS) is 10.2. The van der Waals surface area contributed by atoms with Crippen LogP contribution in [0.15, 0.2) is 0 Å². The maximum Gasteiger partial charge on any atom is 0.232 e. The van der Waals surface area contributed by atoms with Gasteiger partial charge in [-0.15, -0.1) is 0 Å². The molecule has 3 nitrogen and oxygen atoms in total. The fraction of sp³-hybridized carbons (Fsp3) is 0.500. The average Bonchev–Trinajstić information content (AvgIpc) is 2.14. The van der Waals surface area contributed by atoms with E-state index in [0.717, 1.165) is 17.3 Å². The molecule has 0 aliphatic rings. The van der Waals surface area contributed by atoms with E-state index in [4.69, 9.17) is 5.11 Å². The van der Waals surface area contributed by atoms with E-state index in [1.807, 2.05) is 6.26 Å². The molecule has 0 unspecified atom stereocenters. The van der Waals surface area contributed by atoms with Crippen molar-refractivity contribution in [1.29, 1.82) is 0 Å². The Morgan fingerprint density at radius 3 is 2.80 bits per heavy atom. The van der Waals surface area contributed by atoms with E-state index in [1.54, 1.807) is 18.7 Å². The molecule has 0 amide bonds. The van der Waals surface area contributed by atoms with Gasteiger partial charge in [0.2, 0.25) is 5.88 Å². The topological polar surface area (TPSA) is 48.9 Å². The van der Waals surface area contributed by atoms with Gasteiger partial charge in [0.1, 0.15) is 5.82 Å². The van der Waals surface area contributed by atoms with Gasteiger partial charge in [0.05, 0.1) is 11.4 Å². The second kappa shape index (κ2) is 2.96. The Hall–Kier alpha value is -0.640. The minimum Gasteiger partial charge on any atom is -0.492 e. The molecule has 0 aromatic carbocycles. The number of aromatic hydroxyl groups is 1. The highest BCUT2D eigenvalue weighted by Crippen LogP contribution is 2.13. The van der Waals surface area contributed by atoms with E-state index in [1.165, 1.54) is 0 Å². The van der Waals surface area contributed by atoms with Crippen LogP contribution in [-0.2, 0) is 5.75 Å². The summed E-state index contributed by atoms with van der Waals surface area (Å²) in [6.45, 7) is 1.80. The number of aromatic nitrogens is 2. The Kier molecular flexibility index (Phi) is 2.21. The monoisotopic (exact) mass is 158 g/mol. The van der Waals surface area contributed by atoms with Crippen molar-refractivity contribution in [2.75, 3.05) is 6.26 Å². The van der Waals surface area contributed by atoms with Crippen molar-refractivity contribution in [3.8, 4) is 5.88 Å². The first-order valence-corrected chi connectivity index (χ1v) is 4.37. The largest absolute Gasteiger partial charge is 0.492 e. The van der Waals surface area contributed by atoms with E-state index in [9.17, 15) is 0 Å². The maximum absolute atomic E-state index is 9.02. The SMILES string of the molecule is CSCc1nc(O)c(C)[nH]1. The molecular formula is C6H10N2OS. The molecule has 0 spiro atoms. The van der Waals surface area contributed by atoms with Crippen LogP contribution in [0.25, 0.3) is 0 Å². The predicted octanol–water partition coefficient (Wildman–Crippen LogP) is 1.29. The van der Waals surface area contributed by atoms with Crippen LogP contribution in [0.1, 0.15) is 11.5 Å². The molecule has 0 aliphatic carbocycles. The second-order valence-corrected chi connectivity index (χ2v) is 2.93. The van der Waals surface area contributed by atoms with Gasteiger partial charge in [-0.2, -0.15) is 16.7 Å². The lowest BCUT2D eigenvalue weighted by atomic mass is 10.5. The van der Waals surface area contributed by atoms with Crippen LogP contribution in [0.2, 0.25) is 0 Å². The van der Waals surface area contributed by atoms with Gasteiger partial charge in [-0.05, 0) is 13.2 Å². The Balaban J connectivity index is 2.77. The van der Waals surface area contributed by atoms with Gasteiger partial charge < -0.3 is 10.1 Å². The molecule has 1 aromatic rings. The molecule has 1 aromatic heterocycles. The number of nitrogens with one attached hydrogen (secondary N) is 1. The van der Waals surface area contributed by atoms with Crippen molar-refractivity contribution in [1.82, 2.24) is 9.97 Å². The van der Waals surface area contributed by atoms with Crippen LogP contribution < -0.4 is 0 Å². The fourth-order valence-electron chi connectivity index (χ4n) is 0.717. The number of hydrogen-bond acceptors (Lipinski definition) is 3. The molecule has 1 rings (SSSR count). The molecular weight excluding hydrogens is 148 g/mol. The number of nitrogens with zero attached hydrogens (tertiary/aromatic N) is 1. The van der Waals surface area contributed by atoms with Crippen molar-refractivity contribution >= 4 is 11.8 Å². The molecule has 56 valence electrons. The van der Waals surface area contributed by atoms with Crippen LogP contribution in [0.5, 0.6) is 5.88 Å². The lowest BCUT2D eigenvalue weighted by Crippen LogP contribution is -1.81. The number of imidazole rings is 1. The van der Waals surface area contributed by atoms with Crippen LogP contribution in [0, 0.1) is 6.92 Å². The minimum absolute atomic E-state index is 0.115. The van der Waals surface area contributed by atoms with Gasteiger partial charge in [-0.25, -0.2) is 0 Å². The third-order valence-corrected chi connectivity index (χ3v) is 1.75. The molecule has 0 aliphatic heterocycles. The summed E-state index contributed by atoms with van der Waals surface area (Å²) in [6.07, 6.45) is 1.99. The van der Waals surface area contributed by atoms with Crippen molar-refractivity contribution < 1.29 is 5.11 Å². The Labute approximate surface area is 63.9 Å². The third kappa shape index (κ3) is 1.44. The quantitative estimate of drug-likeness (QED) is 0.681. The van der Waals surface area contributed by atoms with E-state index >= 15 is 0 Å². The summed E-state index contributed by atoms with van der Waals surface area (Å²) in [5.74, 6) is 1.77. The average molecular weight is 158 g/mol. The van der Waals surface area contributed by atoms with Crippen LogP contribution in [0.3, 0.4) is 0 Å². The van der Waals surface area contributed by atoms with Crippen molar-refractivity contribution in [3.05, 3.63) is 11.5 Å². The molecule has 2 N–H and O–H groups in total. The first-order chi connectivity index (χ1) is 4.74. The molecule has 4 heteroatoms. The highest BCUT2D eigenvalue weighted by Gasteiger charge is 2.02. The molecule has 1 heterocycles. The van der Waals surface area contributed by atoms with Gasteiger partial charge >= 0.3 is 0 Å². The lowest BCUT2D eigenvalue weighted by molar-refractivity contribution is 0.451. The zero-order chi connectivity index (χ0) is 7.56. The second-order valence-electron chi connectivity index (χ2n) is 2.07. The Morgan fingerprint density at radius 1 is 1.70 bits per heavy atom. The number of thioether (sulfide) groups is 1. The van der Waals surface area contributed by atoms with E-state index in [2.05, 4.69) is 9.97 Å². The Bertz CT molecular complexity index is 202. The van der Waals surface area contributed by atoms with Crippen LogP contribution >= 0.6 is 11.8 Å². The standard InChI is InChI=1S/C6H10N2OS/c1-4-6(9)8-5(7-4)3-10-2/h9H,3H2,1-2H3,(H,7,8). The molecule has 0 atom stereocenters. The molecule has 10 heavy (non-hydrogen) atoms. The molecule has 0 fully saturated rings. The van der Waals surface area contributed by atoms with Gasteiger partial charge in [0.15, 0.2) is 0 Å². The zero-order valence-corrected chi connectivity index (χ0v) is 6.83. The molecule has 0 bridgehead atoms. The number of aromatic amines is 1. The summed E-state index contributed by atoms with van der Waals surface area (Å²) in [4.78, 5) is 6.84. The lowest BCUT2D eigenvalue weighted by Gasteiger charge is -1.86. The number of rotatable bonds is 2. The summed E-state index contributed by atoms with van der Waals surface area (Å²) < 4.78 is 0. The van der Waals surface area contributed by atoms with E-state index in [-0.39, 0.29) is 5.88 Å². The predicted molar refractivity (Wildman–Crippen MR) is 42.2 cm³/mol. The fourth-order valence-corrected chi connectivity index (χ4v) is 1.13. The van der Waals surface area contributed by atoms with E-state index < -0.39 is 0 Å². The van der Waals surface area contributed by atoms with Gasteiger partial charge in [0.25, 0.3) is 0 Å². The van der Waals surface area contributed by atoms with Gasteiger partial charge in [0, 0.05) is 0 Å². The maximum atomic E-state index is 9.02. The summed E-state index contributed by atoms with van der Waals surface area (Å²) in [7, 11) is 0. The van der Waals surface area contributed by atoms with Crippen LogP contribution in [-0.4, -0.2) is 21.3 Å². The van der Waals surface area contributed by atoms with Crippen molar-refractivity contribution in [2.24, 2.45) is 0 Å². The number of hydrogen-bond donors (Lipinski definition) is 2. The molecule has 0 radical (unpaired) electrons. The number of H-pyrrole nitrogens is 1. The van der Waals surface area contributed by atoms with E-state index in [0.29, 0.717) is 0 Å². The number of aryl methyl sites for hydroxylation is 1. The van der Waals surface area contributed by atoms with Crippen LogP contribution in [0.4, 0.5) is 0 Å². The first-order valence-electron chi connectivity index (χ1n) is 2.97. The van der Waals surface area contributed by atoms with Crippen molar-refractivity contribution in [3.63, 3.8) is 0 Å². The van der Waals surface area contributed by atoms with Crippen molar-refractivity contribution in [2.45, 2.75) is 12.7 Å². The minimum atomic E-state index is 0.115. The Morgan fingerprint density at radius 2 is 2.40 bits per heavy atom. The zero-order valence-electron chi connectivity index (χ0n) is 6.01. The molecule has 0 saturated heterocycles. The summed E-state index contributed by atoms with van der Waals surface area (Å²) in [6, 6.07) is 0. The molecule has 0 saturated carbocycles. The highest BCUT2D eigenvalue weighted by atomic mass is 32.2. The summed E-state index contributed by atoms with van der Waals surface area (Å²) in [5.41, 5.74) is 0.740. The first kappa shape index (κ1) is 7.47. The van der Waals surface area contributed by atoms with Gasteiger partial charge in [-0.1, -0.05) is 0 Å². The highest BCUT2D eigenvalue weighted by molar-refractivity contribution is 7.97.